The van der Waals surface area contributed by atoms with Crippen molar-refractivity contribution in [1.82, 2.24) is 0 Å². The van der Waals surface area contributed by atoms with Crippen molar-refractivity contribution >= 4 is 27.8 Å². The van der Waals surface area contributed by atoms with Gasteiger partial charge in [-0.3, -0.25) is 0 Å². The van der Waals surface area contributed by atoms with Crippen molar-refractivity contribution in [2.45, 2.75) is 90.4 Å². The number of aryl methyl sites for hydroxylation is 1. The van der Waals surface area contributed by atoms with Crippen LogP contribution in [0.25, 0.3) is 33.0 Å². The largest absolute Gasteiger partial charge is 0.310 e. The smallest absolute Gasteiger partial charge is 0.0546 e. The maximum Gasteiger partial charge on any atom is 0.0546 e. The van der Waals surface area contributed by atoms with E-state index in [2.05, 4.69) is 168 Å². The molecule has 0 bridgehead atoms. The SMILES string of the molecule is Cc1cccc2c1-c1ccc(N(c3cccc(C4CCCCC4)c3)c3cc4ccccc4cc3-c3ccccc3C(C)(C)C)cc1C2(C)C. The fourth-order valence-corrected chi connectivity index (χ4v) is 8.88. The first-order valence-electron chi connectivity index (χ1n) is 18.4. The zero-order chi connectivity index (χ0) is 33.9. The van der Waals surface area contributed by atoms with E-state index in [1.54, 1.807) is 0 Å². The molecule has 0 saturated heterocycles. The molecule has 0 spiro atoms. The number of hydrogen-bond donors (Lipinski definition) is 0. The minimum absolute atomic E-state index is 0.00747. The molecule has 0 aromatic heterocycles. The zero-order valence-corrected chi connectivity index (χ0v) is 30.1. The molecule has 0 amide bonds. The lowest BCUT2D eigenvalue weighted by atomic mass is 9.81. The highest BCUT2D eigenvalue weighted by molar-refractivity contribution is 5.99. The van der Waals surface area contributed by atoms with Gasteiger partial charge in [0.25, 0.3) is 0 Å². The Balaban J connectivity index is 1.41. The predicted molar refractivity (Wildman–Crippen MR) is 211 cm³/mol. The van der Waals surface area contributed by atoms with Crippen LogP contribution in [0.2, 0.25) is 0 Å². The van der Waals surface area contributed by atoms with Gasteiger partial charge in [-0.15, -0.1) is 0 Å². The van der Waals surface area contributed by atoms with E-state index in [0.717, 1.165) is 0 Å². The minimum atomic E-state index is -0.0899. The third-order valence-corrected chi connectivity index (χ3v) is 11.5. The average molecular weight is 640 g/mol. The summed E-state index contributed by atoms with van der Waals surface area (Å²) in [4.78, 5) is 2.57. The van der Waals surface area contributed by atoms with Crippen LogP contribution in [0.5, 0.6) is 0 Å². The molecule has 6 aromatic rings. The highest BCUT2D eigenvalue weighted by Gasteiger charge is 2.37. The highest BCUT2D eigenvalue weighted by Crippen LogP contribution is 2.53. The number of rotatable bonds is 5. The third kappa shape index (κ3) is 5.48. The van der Waals surface area contributed by atoms with E-state index in [0.29, 0.717) is 5.92 Å². The molecule has 49 heavy (non-hydrogen) atoms. The summed E-state index contributed by atoms with van der Waals surface area (Å²) in [6.45, 7) is 14.1. The molecule has 1 nitrogen and oxygen atoms in total. The second-order valence-electron chi connectivity index (χ2n) is 16.1. The zero-order valence-electron chi connectivity index (χ0n) is 30.1. The third-order valence-electron chi connectivity index (χ3n) is 11.5. The quantitative estimate of drug-likeness (QED) is 0.181. The molecule has 1 heteroatoms. The fraction of sp³-hybridized carbons (Fsp3) is 0.292. The van der Waals surface area contributed by atoms with Crippen molar-refractivity contribution in [2.75, 3.05) is 4.90 Å². The average Bonchev–Trinajstić information content (AvgIpc) is 3.35. The van der Waals surface area contributed by atoms with E-state index in [4.69, 9.17) is 0 Å². The molecule has 246 valence electrons. The second kappa shape index (κ2) is 12.1. The van der Waals surface area contributed by atoms with Gasteiger partial charge in [0.1, 0.15) is 0 Å². The normalized spacial score (nSPS) is 15.6. The lowest BCUT2D eigenvalue weighted by molar-refractivity contribution is 0.443. The molecule has 0 unspecified atom stereocenters. The minimum Gasteiger partial charge on any atom is -0.310 e. The maximum atomic E-state index is 2.57. The van der Waals surface area contributed by atoms with Gasteiger partial charge in [0.15, 0.2) is 0 Å². The Labute approximate surface area is 293 Å². The lowest BCUT2D eigenvalue weighted by Gasteiger charge is -2.32. The van der Waals surface area contributed by atoms with Gasteiger partial charge in [0.2, 0.25) is 0 Å². The molecule has 2 aliphatic carbocycles. The second-order valence-corrected chi connectivity index (χ2v) is 16.1. The summed E-state index contributed by atoms with van der Waals surface area (Å²) in [5, 5.41) is 2.52. The summed E-state index contributed by atoms with van der Waals surface area (Å²) < 4.78 is 0. The van der Waals surface area contributed by atoms with Crippen molar-refractivity contribution in [3.63, 3.8) is 0 Å². The first kappa shape index (κ1) is 31.6. The van der Waals surface area contributed by atoms with Gasteiger partial charge in [0, 0.05) is 22.4 Å². The molecule has 0 heterocycles. The molecular weight excluding hydrogens is 591 g/mol. The van der Waals surface area contributed by atoms with Crippen LogP contribution in [0.15, 0.2) is 121 Å². The van der Waals surface area contributed by atoms with Crippen molar-refractivity contribution < 1.29 is 0 Å². The number of hydrogen-bond acceptors (Lipinski definition) is 1. The van der Waals surface area contributed by atoms with E-state index < -0.39 is 0 Å². The molecule has 0 atom stereocenters. The predicted octanol–water partition coefficient (Wildman–Crippen LogP) is 13.9. The standard InChI is InChI=1S/C48H49N/c1-32-16-14-25-43-46(32)40-27-26-38(31-44(40)48(43,5)6)49(37-22-15-21-34(28-37)33-17-8-7-9-18-33)45-30-36-20-11-10-19-35(36)29-41(45)39-23-12-13-24-42(39)47(2,3)4/h10-16,19-31,33H,7-9,17-18H2,1-6H3. The van der Waals surface area contributed by atoms with Crippen LogP contribution in [0.4, 0.5) is 17.1 Å². The summed E-state index contributed by atoms with van der Waals surface area (Å²) in [7, 11) is 0. The van der Waals surface area contributed by atoms with Gasteiger partial charge in [-0.05, 0) is 123 Å². The van der Waals surface area contributed by atoms with Gasteiger partial charge in [-0.2, -0.15) is 0 Å². The summed E-state index contributed by atoms with van der Waals surface area (Å²) in [6.07, 6.45) is 6.60. The molecule has 1 fully saturated rings. The monoisotopic (exact) mass is 639 g/mol. The van der Waals surface area contributed by atoms with Gasteiger partial charge in [0.05, 0.1) is 5.69 Å². The van der Waals surface area contributed by atoms with Crippen LogP contribution in [0.1, 0.15) is 100 Å². The van der Waals surface area contributed by atoms with Crippen LogP contribution in [0.3, 0.4) is 0 Å². The molecule has 0 radical (unpaired) electrons. The summed E-state index contributed by atoms with van der Waals surface area (Å²) in [5.74, 6) is 0.629. The Kier molecular flexibility index (Phi) is 7.79. The van der Waals surface area contributed by atoms with Crippen LogP contribution in [-0.2, 0) is 10.8 Å². The molecular formula is C48H49N. The highest BCUT2D eigenvalue weighted by atomic mass is 15.1. The summed E-state index contributed by atoms with van der Waals surface area (Å²) in [6, 6.07) is 46.4. The van der Waals surface area contributed by atoms with Crippen molar-refractivity contribution in [2.24, 2.45) is 0 Å². The Morgan fingerprint density at radius 2 is 1.29 bits per heavy atom. The Hall–Kier alpha value is -4.62. The number of anilines is 3. The van der Waals surface area contributed by atoms with Gasteiger partial charge in [-0.1, -0.05) is 139 Å². The molecule has 0 aliphatic heterocycles. The van der Waals surface area contributed by atoms with E-state index in [1.165, 1.54) is 110 Å². The first-order valence-corrected chi connectivity index (χ1v) is 18.4. The number of benzene rings is 6. The van der Waals surface area contributed by atoms with Gasteiger partial charge in [-0.25, -0.2) is 0 Å². The Morgan fingerprint density at radius 3 is 2.06 bits per heavy atom. The Bertz CT molecular complexity index is 2190. The van der Waals surface area contributed by atoms with E-state index >= 15 is 0 Å². The molecule has 1 saturated carbocycles. The van der Waals surface area contributed by atoms with Crippen LogP contribution >= 0.6 is 0 Å². The van der Waals surface area contributed by atoms with Gasteiger partial charge < -0.3 is 4.90 Å². The van der Waals surface area contributed by atoms with Crippen molar-refractivity contribution in [1.29, 1.82) is 0 Å². The van der Waals surface area contributed by atoms with E-state index in [1.807, 2.05) is 0 Å². The Morgan fingerprint density at radius 1 is 0.592 bits per heavy atom. The number of nitrogens with zero attached hydrogens (tertiary/aromatic N) is 1. The number of fused-ring (bicyclic) bond motifs is 4. The molecule has 0 N–H and O–H groups in total. The van der Waals surface area contributed by atoms with Gasteiger partial charge >= 0.3 is 0 Å². The van der Waals surface area contributed by atoms with Crippen LogP contribution < -0.4 is 4.90 Å². The van der Waals surface area contributed by atoms with Crippen molar-refractivity contribution in [3.05, 3.63) is 149 Å². The lowest BCUT2D eigenvalue weighted by Crippen LogP contribution is -2.17. The van der Waals surface area contributed by atoms with E-state index in [9.17, 15) is 0 Å². The first-order chi connectivity index (χ1) is 23.6. The van der Waals surface area contributed by atoms with Crippen LogP contribution in [0, 0.1) is 6.92 Å². The molecule has 6 aromatic carbocycles. The summed E-state index contributed by atoms with van der Waals surface area (Å²) >= 11 is 0. The maximum absolute atomic E-state index is 2.57. The van der Waals surface area contributed by atoms with E-state index in [-0.39, 0.29) is 10.8 Å². The fourth-order valence-electron chi connectivity index (χ4n) is 8.88. The molecule has 2 aliphatic rings. The van der Waals surface area contributed by atoms with Crippen LogP contribution in [-0.4, -0.2) is 0 Å². The summed E-state index contributed by atoms with van der Waals surface area (Å²) in [5.41, 5.74) is 15.9. The topological polar surface area (TPSA) is 3.24 Å². The molecule has 8 rings (SSSR count). The van der Waals surface area contributed by atoms with Crippen molar-refractivity contribution in [3.8, 4) is 22.3 Å².